The molecule has 2 aromatic carbocycles. The molecule has 0 heterocycles. The van der Waals surface area contributed by atoms with Crippen LogP contribution in [-0.4, -0.2) is 4.99 Å². The lowest BCUT2D eigenvalue weighted by molar-refractivity contribution is 0.304. The lowest BCUT2D eigenvalue weighted by atomic mass is 10.2. The Balaban J connectivity index is 2.07. The van der Waals surface area contributed by atoms with Gasteiger partial charge >= 0.3 is 0 Å². The van der Waals surface area contributed by atoms with Crippen molar-refractivity contribution >= 4 is 44.7 Å². The van der Waals surface area contributed by atoms with Crippen molar-refractivity contribution in [1.29, 1.82) is 0 Å². The number of halogens is 2. The van der Waals surface area contributed by atoms with Crippen LogP contribution in [0.4, 0.5) is 0 Å². The van der Waals surface area contributed by atoms with Crippen LogP contribution >= 0.6 is 39.7 Å². The minimum Gasteiger partial charge on any atom is -0.488 e. The maximum Gasteiger partial charge on any atom is 0.134 e. The van der Waals surface area contributed by atoms with Gasteiger partial charge in [0.2, 0.25) is 0 Å². The molecule has 0 spiro atoms. The quantitative estimate of drug-likeness (QED) is 0.829. The summed E-state index contributed by atoms with van der Waals surface area (Å²) in [6.45, 7) is 0.474. The van der Waals surface area contributed by atoms with E-state index in [1.807, 2.05) is 42.5 Å². The van der Waals surface area contributed by atoms with Gasteiger partial charge in [0.15, 0.2) is 0 Å². The summed E-state index contributed by atoms with van der Waals surface area (Å²) < 4.78 is 6.55. The number of ether oxygens (including phenoxy) is 1. The van der Waals surface area contributed by atoms with Crippen molar-refractivity contribution in [3.8, 4) is 5.75 Å². The van der Waals surface area contributed by atoms with Crippen molar-refractivity contribution in [1.82, 2.24) is 0 Å². The zero-order valence-corrected chi connectivity index (χ0v) is 13.1. The van der Waals surface area contributed by atoms with E-state index in [-0.39, 0.29) is 0 Å². The summed E-state index contributed by atoms with van der Waals surface area (Å²) in [5.74, 6) is 0.745. The van der Waals surface area contributed by atoms with Gasteiger partial charge in [-0.2, -0.15) is 0 Å². The smallest absolute Gasteiger partial charge is 0.134 e. The monoisotopic (exact) mass is 355 g/mol. The normalized spacial score (nSPS) is 10.2. The molecule has 0 radical (unpaired) electrons. The predicted octanol–water partition coefficient (Wildman–Crippen LogP) is 4.32. The lowest BCUT2D eigenvalue weighted by Crippen LogP contribution is -2.09. The molecule has 0 aliphatic heterocycles. The highest BCUT2D eigenvalue weighted by Gasteiger charge is 2.04. The molecule has 2 rings (SSSR count). The second-order valence-electron chi connectivity index (χ2n) is 3.92. The molecule has 0 atom stereocenters. The van der Waals surface area contributed by atoms with E-state index in [1.54, 1.807) is 0 Å². The first-order valence-electron chi connectivity index (χ1n) is 5.53. The van der Waals surface area contributed by atoms with E-state index in [0.717, 1.165) is 21.3 Å². The van der Waals surface area contributed by atoms with Gasteiger partial charge in [-0.15, -0.1) is 0 Å². The second kappa shape index (κ2) is 6.37. The van der Waals surface area contributed by atoms with Gasteiger partial charge in [-0.3, -0.25) is 0 Å². The molecule has 2 N–H and O–H groups in total. The number of hydrogen-bond acceptors (Lipinski definition) is 2. The Morgan fingerprint density at radius 1 is 1.21 bits per heavy atom. The first-order chi connectivity index (χ1) is 9.06. The largest absolute Gasteiger partial charge is 0.488 e. The van der Waals surface area contributed by atoms with Crippen molar-refractivity contribution in [2.24, 2.45) is 5.73 Å². The standard InChI is InChI=1S/C14H11BrClNOS/c15-12-7-10(14(17)19)3-6-13(12)18-8-9-1-4-11(16)5-2-9/h1-7H,8H2,(H2,17,19). The fourth-order valence-corrected chi connectivity index (χ4v) is 2.26. The van der Waals surface area contributed by atoms with Crippen molar-refractivity contribution < 1.29 is 4.74 Å². The lowest BCUT2D eigenvalue weighted by Gasteiger charge is -2.09. The van der Waals surface area contributed by atoms with Crippen molar-refractivity contribution in [2.75, 3.05) is 0 Å². The Kier molecular flexibility index (Phi) is 4.80. The van der Waals surface area contributed by atoms with E-state index in [1.165, 1.54) is 0 Å². The minimum atomic E-state index is 0.366. The van der Waals surface area contributed by atoms with Crippen LogP contribution in [0.2, 0.25) is 5.02 Å². The molecule has 5 heteroatoms. The zero-order chi connectivity index (χ0) is 13.8. The Labute approximate surface area is 130 Å². The van der Waals surface area contributed by atoms with E-state index in [2.05, 4.69) is 15.9 Å². The maximum absolute atomic E-state index is 5.83. The van der Waals surface area contributed by atoms with Crippen LogP contribution in [0.15, 0.2) is 46.9 Å². The van der Waals surface area contributed by atoms with E-state index in [0.29, 0.717) is 16.6 Å². The maximum atomic E-state index is 5.83. The van der Waals surface area contributed by atoms with E-state index in [9.17, 15) is 0 Å². The van der Waals surface area contributed by atoms with E-state index >= 15 is 0 Å². The van der Waals surface area contributed by atoms with Gasteiger partial charge in [0.25, 0.3) is 0 Å². The van der Waals surface area contributed by atoms with Crippen LogP contribution in [0, 0.1) is 0 Å². The number of nitrogens with two attached hydrogens (primary N) is 1. The average Bonchev–Trinajstić information content (AvgIpc) is 2.39. The zero-order valence-electron chi connectivity index (χ0n) is 9.90. The molecular weight excluding hydrogens is 346 g/mol. The SMILES string of the molecule is NC(=S)c1ccc(OCc2ccc(Cl)cc2)c(Br)c1. The van der Waals surface area contributed by atoms with Crippen molar-refractivity contribution in [3.05, 3.63) is 63.1 Å². The van der Waals surface area contributed by atoms with E-state index < -0.39 is 0 Å². The highest BCUT2D eigenvalue weighted by atomic mass is 79.9. The molecule has 0 saturated heterocycles. The third kappa shape index (κ3) is 3.93. The molecular formula is C14H11BrClNOS. The molecule has 98 valence electrons. The Morgan fingerprint density at radius 3 is 2.47 bits per heavy atom. The van der Waals surface area contributed by atoms with Crippen LogP contribution in [0.3, 0.4) is 0 Å². The summed E-state index contributed by atoms with van der Waals surface area (Å²) >= 11 is 14.2. The van der Waals surface area contributed by atoms with Gasteiger partial charge < -0.3 is 10.5 Å². The summed E-state index contributed by atoms with van der Waals surface area (Å²) in [5, 5.41) is 0.714. The van der Waals surface area contributed by atoms with Gasteiger partial charge in [-0.1, -0.05) is 36.0 Å². The molecule has 0 unspecified atom stereocenters. The molecule has 0 aromatic heterocycles. The second-order valence-corrected chi connectivity index (χ2v) is 5.66. The summed E-state index contributed by atoms with van der Waals surface area (Å²) in [4.78, 5) is 0.366. The van der Waals surface area contributed by atoms with E-state index in [4.69, 9.17) is 34.3 Å². The Bertz CT molecular complexity index is 601. The summed E-state index contributed by atoms with van der Waals surface area (Å²) in [6.07, 6.45) is 0. The molecule has 0 aliphatic rings. The molecule has 2 aromatic rings. The predicted molar refractivity (Wildman–Crippen MR) is 85.8 cm³/mol. The van der Waals surface area contributed by atoms with Crippen LogP contribution in [0.5, 0.6) is 5.75 Å². The number of benzene rings is 2. The fraction of sp³-hybridized carbons (Fsp3) is 0.0714. The highest BCUT2D eigenvalue weighted by molar-refractivity contribution is 9.10. The van der Waals surface area contributed by atoms with Gasteiger partial charge in [0.1, 0.15) is 17.3 Å². The first-order valence-corrected chi connectivity index (χ1v) is 7.11. The number of rotatable bonds is 4. The van der Waals surface area contributed by atoms with Gasteiger partial charge in [0.05, 0.1) is 4.47 Å². The Hall–Kier alpha value is -1.10. The van der Waals surface area contributed by atoms with Crippen LogP contribution < -0.4 is 10.5 Å². The molecule has 0 amide bonds. The molecule has 0 fully saturated rings. The number of thiocarbonyl (C=S) groups is 1. The first kappa shape index (κ1) is 14.3. The molecule has 0 aliphatic carbocycles. The average molecular weight is 357 g/mol. The third-order valence-electron chi connectivity index (χ3n) is 2.52. The molecule has 2 nitrogen and oxygen atoms in total. The van der Waals surface area contributed by atoms with Crippen LogP contribution in [-0.2, 0) is 6.61 Å². The highest BCUT2D eigenvalue weighted by Crippen LogP contribution is 2.27. The summed E-state index contributed by atoms with van der Waals surface area (Å²) in [7, 11) is 0. The minimum absolute atomic E-state index is 0.366. The molecule has 0 saturated carbocycles. The molecule has 0 bridgehead atoms. The van der Waals surface area contributed by atoms with Crippen LogP contribution in [0.1, 0.15) is 11.1 Å². The van der Waals surface area contributed by atoms with Gasteiger partial charge in [0, 0.05) is 10.6 Å². The fourth-order valence-electron chi connectivity index (χ4n) is 1.51. The van der Waals surface area contributed by atoms with Crippen molar-refractivity contribution in [2.45, 2.75) is 6.61 Å². The van der Waals surface area contributed by atoms with Crippen LogP contribution in [0.25, 0.3) is 0 Å². The third-order valence-corrected chi connectivity index (χ3v) is 3.63. The summed E-state index contributed by atoms with van der Waals surface area (Å²) in [6, 6.07) is 13.1. The molecule has 19 heavy (non-hydrogen) atoms. The number of hydrogen-bond donors (Lipinski definition) is 1. The van der Waals surface area contributed by atoms with Crippen molar-refractivity contribution in [3.63, 3.8) is 0 Å². The van der Waals surface area contributed by atoms with Gasteiger partial charge in [-0.05, 0) is 51.8 Å². The topological polar surface area (TPSA) is 35.2 Å². The Morgan fingerprint density at radius 2 is 1.89 bits per heavy atom. The summed E-state index contributed by atoms with van der Waals surface area (Å²) in [5.41, 5.74) is 7.43. The van der Waals surface area contributed by atoms with Gasteiger partial charge in [-0.25, -0.2) is 0 Å².